The van der Waals surface area contributed by atoms with Crippen LogP contribution in [0.5, 0.6) is 5.75 Å². The Morgan fingerprint density at radius 1 is 1.17 bits per heavy atom. The second kappa shape index (κ2) is 11.9. The highest BCUT2D eigenvalue weighted by atomic mass is 32.2. The summed E-state index contributed by atoms with van der Waals surface area (Å²) in [6, 6.07) is 10.4. The van der Waals surface area contributed by atoms with Crippen LogP contribution in [0, 0.1) is 11.3 Å². The molecule has 9 heteroatoms. The average molecular weight is 524 g/mol. The van der Waals surface area contributed by atoms with E-state index in [1.165, 1.54) is 35.0 Å². The molecule has 36 heavy (non-hydrogen) atoms. The van der Waals surface area contributed by atoms with Crippen LogP contribution in [-0.2, 0) is 24.7 Å². The number of benzene rings is 1. The van der Waals surface area contributed by atoms with Crippen LogP contribution < -0.4 is 10.1 Å². The quantitative estimate of drug-likeness (QED) is 0.343. The SMILES string of the molecule is CC(C)c1ccc(OC(C)c2nnc(SCC(=O)Nc3sc4c(c3C#N)CCCCCC4)n2C)cc1. The number of nitrogens with zero attached hydrogens (tertiary/aromatic N) is 4. The number of thiophene rings is 1. The molecule has 1 atom stereocenters. The predicted octanol–water partition coefficient (Wildman–Crippen LogP) is 6.40. The minimum atomic E-state index is -0.292. The number of hydrogen-bond acceptors (Lipinski definition) is 7. The number of aromatic nitrogens is 3. The summed E-state index contributed by atoms with van der Waals surface area (Å²) in [5, 5.41) is 22.6. The highest BCUT2D eigenvalue weighted by molar-refractivity contribution is 7.99. The predicted molar refractivity (Wildman–Crippen MR) is 145 cm³/mol. The molecule has 7 nitrogen and oxygen atoms in total. The molecule has 1 aromatic carbocycles. The molecular weight excluding hydrogens is 490 g/mol. The van der Waals surface area contributed by atoms with E-state index >= 15 is 0 Å². The summed E-state index contributed by atoms with van der Waals surface area (Å²) in [6.45, 7) is 6.26. The lowest BCUT2D eigenvalue weighted by Crippen LogP contribution is -2.15. The summed E-state index contributed by atoms with van der Waals surface area (Å²) in [5.74, 6) is 1.98. The number of hydrogen-bond donors (Lipinski definition) is 1. The molecule has 1 unspecified atom stereocenters. The third-order valence-corrected chi connectivity index (χ3v) is 8.69. The highest BCUT2D eigenvalue weighted by Gasteiger charge is 2.22. The van der Waals surface area contributed by atoms with Crippen molar-refractivity contribution in [2.24, 2.45) is 7.05 Å². The fourth-order valence-electron chi connectivity index (χ4n) is 4.41. The Kier molecular flexibility index (Phi) is 8.70. The summed E-state index contributed by atoms with van der Waals surface area (Å²) < 4.78 is 7.94. The molecular formula is C27H33N5O2S2. The molecule has 4 rings (SSSR count). The van der Waals surface area contributed by atoms with Gasteiger partial charge in [-0.1, -0.05) is 50.6 Å². The van der Waals surface area contributed by atoms with Gasteiger partial charge in [-0.2, -0.15) is 5.26 Å². The maximum Gasteiger partial charge on any atom is 0.235 e. The van der Waals surface area contributed by atoms with Crippen molar-refractivity contribution in [1.82, 2.24) is 14.8 Å². The van der Waals surface area contributed by atoms with Gasteiger partial charge in [0, 0.05) is 11.9 Å². The molecule has 1 N–H and O–H groups in total. The second-order valence-electron chi connectivity index (χ2n) is 9.45. The van der Waals surface area contributed by atoms with E-state index in [2.05, 4.69) is 47.6 Å². The van der Waals surface area contributed by atoms with Crippen molar-refractivity contribution in [2.45, 2.75) is 76.5 Å². The third-order valence-electron chi connectivity index (χ3n) is 6.46. The zero-order valence-corrected chi connectivity index (χ0v) is 23.0. The first-order valence-electron chi connectivity index (χ1n) is 12.5. The maximum atomic E-state index is 12.8. The molecule has 0 bridgehead atoms. The Labute approximate surface area is 221 Å². The number of thioether (sulfide) groups is 1. The number of aryl methyl sites for hydroxylation is 1. The summed E-state index contributed by atoms with van der Waals surface area (Å²) in [4.78, 5) is 14.0. The van der Waals surface area contributed by atoms with Gasteiger partial charge in [-0.25, -0.2) is 0 Å². The van der Waals surface area contributed by atoms with E-state index in [0.717, 1.165) is 37.0 Å². The second-order valence-corrected chi connectivity index (χ2v) is 11.5. The van der Waals surface area contributed by atoms with Crippen molar-refractivity contribution in [3.63, 3.8) is 0 Å². The van der Waals surface area contributed by atoms with E-state index in [-0.39, 0.29) is 17.8 Å². The van der Waals surface area contributed by atoms with Gasteiger partial charge in [0.25, 0.3) is 0 Å². The number of nitrogens with one attached hydrogen (secondary N) is 1. The van der Waals surface area contributed by atoms with E-state index in [1.54, 1.807) is 11.3 Å². The fraction of sp³-hybridized carbons (Fsp3) is 0.481. The maximum absolute atomic E-state index is 12.8. The monoisotopic (exact) mass is 523 g/mol. The fourth-order valence-corrected chi connectivity index (χ4v) is 6.39. The van der Waals surface area contributed by atoms with Gasteiger partial charge in [-0.05, 0) is 61.8 Å². The van der Waals surface area contributed by atoms with Crippen molar-refractivity contribution in [3.8, 4) is 11.8 Å². The number of amides is 1. The zero-order chi connectivity index (χ0) is 25.7. The molecule has 0 saturated heterocycles. The molecule has 3 aromatic rings. The molecule has 2 heterocycles. The molecule has 0 spiro atoms. The average Bonchev–Trinajstić information content (AvgIpc) is 3.36. The summed E-state index contributed by atoms with van der Waals surface area (Å²) >= 11 is 2.88. The molecule has 1 amide bonds. The lowest BCUT2D eigenvalue weighted by Gasteiger charge is -2.15. The van der Waals surface area contributed by atoms with E-state index in [0.29, 0.717) is 27.5 Å². The largest absolute Gasteiger partial charge is 0.483 e. The standard InChI is InChI=1S/C27H33N5O2S2/c1-17(2)19-11-13-20(14-12-19)34-18(3)25-30-31-27(32(25)4)35-16-24(33)29-26-22(15-28)21-9-7-5-6-8-10-23(21)36-26/h11-14,17-18H,5-10,16H2,1-4H3,(H,29,33). The van der Waals surface area contributed by atoms with Gasteiger partial charge in [0.05, 0.1) is 11.3 Å². The van der Waals surface area contributed by atoms with Crippen molar-refractivity contribution < 1.29 is 9.53 Å². The molecule has 0 saturated carbocycles. The first-order valence-corrected chi connectivity index (χ1v) is 14.3. The van der Waals surface area contributed by atoms with Crippen LogP contribution >= 0.6 is 23.1 Å². The molecule has 0 radical (unpaired) electrons. The zero-order valence-electron chi connectivity index (χ0n) is 21.3. The van der Waals surface area contributed by atoms with Crippen molar-refractivity contribution >= 4 is 34.0 Å². The number of fused-ring (bicyclic) bond motifs is 1. The molecule has 2 aromatic heterocycles. The van der Waals surface area contributed by atoms with E-state index in [1.807, 2.05) is 30.7 Å². The number of carbonyl (C=O) groups excluding carboxylic acids is 1. The van der Waals surface area contributed by atoms with Crippen LogP contribution in [0.3, 0.4) is 0 Å². The number of rotatable bonds is 8. The van der Waals surface area contributed by atoms with Crippen molar-refractivity contribution in [1.29, 1.82) is 5.26 Å². The van der Waals surface area contributed by atoms with Gasteiger partial charge in [0.15, 0.2) is 17.1 Å². The molecule has 0 fully saturated rings. The Balaban J connectivity index is 1.36. The Morgan fingerprint density at radius 3 is 2.58 bits per heavy atom. The van der Waals surface area contributed by atoms with Crippen LogP contribution in [0.4, 0.5) is 5.00 Å². The Hall–Kier alpha value is -2.83. The minimum absolute atomic E-state index is 0.148. The van der Waals surface area contributed by atoms with E-state index < -0.39 is 0 Å². The van der Waals surface area contributed by atoms with Crippen LogP contribution in [0.15, 0.2) is 29.4 Å². The molecule has 190 valence electrons. The molecule has 0 aliphatic heterocycles. The van der Waals surface area contributed by atoms with Gasteiger partial charge >= 0.3 is 0 Å². The van der Waals surface area contributed by atoms with E-state index in [4.69, 9.17) is 4.74 Å². The Bertz CT molecular complexity index is 1240. The number of nitriles is 1. The minimum Gasteiger partial charge on any atom is -0.483 e. The topological polar surface area (TPSA) is 92.8 Å². The lowest BCUT2D eigenvalue weighted by atomic mass is 9.97. The van der Waals surface area contributed by atoms with Gasteiger partial charge in [-0.15, -0.1) is 21.5 Å². The van der Waals surface area contributed by atoms with Gasteiger partial charge in [-0.3, -0.25) is 4.79 Å². The van der Waals surface area contributed by atoms with Crippen LogP contribution in [0.25, 0.3) is 0 Å². The summed E-state index contributed by atoms with van der Waals surface area (Å²) in [5.41, 5.74) is 3.04. The van der Waals surface area contributed by atoms with Crippen LogP contribution in [0.1, 0.15) is 85.9 Å². The van der Waals surface area contributed by atoms with Gasteiger partial charge in [0.1, 0.15) is 16.8 Å². The number of anilines is 1. The first kappa shape index (κ1) is 26.2. The summed E-state index contributed by atoms with van der Waals surface area (Å²) in [6.07, 6.45) is 6.28. The van der Waals surface area contributed by atoms with Crippen LogP contribution in [0.2, 0.25) is 0 Å². The highest BCUT2D eigenvalue weighted by Crippen LogP contribution is 2.36. The number of carbonyl (C=O) groups is 1. The Morgan fingerprint density at radius 2 is 1.89 bits per heavy atom. The lowest BCUT2D eigenvalue weighted by molar-refractivity contribution is -0.113. The first-order chi connectivity index (χ1) is 17.4. The third kappa shape index (κ3) is 6.11. The number of ether oxygens (including phenoxy) is 1. The smallest absolute Gasteiger partial charge is 0.235 e. The molecule has 1 aliphatic carbocycles. The van der Waals surface area contributed by atoms with Crippen LogP contribution in [-0.4, -0.2) is 26.4 Å². The van der Waals surface area contributed by atoms with Crippen molar-refractivity contribution in [3.05, 3.63) is 51.7 Å². The summed E-state index contributed by atoms with van der Waals surface area (Å²) in [7, 11) is 1.88. The van der Waals surface area contributed by atoms with Crippen molar-refractivity contribution in [2.75, 3.05) is 11.1 Å². The molecule has 1 aliphatic rings. The van der Waals surface area contributed by atoms with Gasteiger partial charge in [0.2, 0.25) is 5.91 Å². The normalized spacial score (nSPS) is 14.4. The van der Waals surface area contributed by atoms with E-state index in [9.17, 15) is 10.1 Å². The van der Waals surface area contributed by atoms with Gasteiger partial charge < -0.3 is 14.6 Å².